The first-order valence-electron chi connectivity index (χ1n) is 4.55. The zero-order chi connectivity index (χ0) is 10.8. The fourth-order valence-corrected chi connectivity index (χ4v) is 1.59. The van der Waals surface area contributed by atoms with Crippen molar-refractivity contribution < 1.29 is 9.59 Å². The first-order valence-corrected chi connectivity index (χ1v) is 4.55. The van der Waals surface area contributed by atoms with Crippen molar-refractivity contribution in [2.24, 2.45) is 11.7 Å². The summed E-state index contributed by atoms with van der Waals surface area (Å²) >= 11 is 0. The smallest absolute Gasteiger partial charge is 0.227 e. The monoisotopic (exact) mass is 206 g/mol. The van der Waals surface area contributed by atoms with Crippen LogP contribution in [0, 0.1) is 5.92 Å². The highest BCUT2D eigenvalue weighted by Crippen LogP contribution is 2.23. The zero-order valence-corrected chi connectivity index (χ0v) is 7.96. The molecule has 2 N–H and O–H groups in total. The van der Waals surface area contributed by atoms with Gasteiger partial charge in [-0.3, -0.25) is 9.59 Å². The predicted molar refractivity (Wildman–Crippen MR) is 51.7 cm³/mol. The normalized spacial score (nSPS) is 20.7. The third-order valence-electron chi connectivity index (χ3n) is 2.41. The maximum absolute atomic E-state index is 11.6. The number of primary amides is 1. The molecule has 0 aromatic carbocycles. The topological polar surface area (TPSA) is 89.2 Å². The summed E-state index contributed by atoms with van der Waals surface area (Å²) in [4.78, 5) is 24.0. The van der Waals surface area contributed by atoms with Crippen molar-refractivity contribution in [1.82, 2.24) is 10.2 Å². The van der Waals surface area contributed by atoms with Crippen molar-refractivity contribution in [2.45, 2.75) is 6.42 Å². The van der Waals surface area contributed by atoms with Gasteiger partial charge in [0.05, 0.1) is 24.0 Å². The maximum Gasteiger partial charge on any atom is 0.227 e. The zero-order valence-electron chi connectivity index (χ0n) is 7.96. The molecular weight excluding hydrogens is 196 g/mol. The van der Waals surface area contributed by atoms with Gasteiger partial charge in [-0.15, -0.1) is 0 Å². The molecule has 0 aliphatic carbocycles. The van der Waals surface area contributed by atoms with Crippen LogP contribution in [0.3, 0.4) is 0 Å². The Labute approximate surface area is 86.1 Å². The molecule has 1 aliphatic rings. The van der Waals surface area contributed by atoms with Crippen molar-refractivity contribution in [3.63, 3.8) is 0 Å². The minimum absolute atomic E-state index is 0.105. The molecule has 2 heterocycles. The third kappa shape index (κ3) is 1.78. The highest BCUT2D eigenvalue weighted by Gasteiger charge is 2.33. The number of amides is 2. The summed E-state index contributed by atoms with van der Waals surface area (Å²) < 4.78 is 0. The van der Waals surface area contributed by atoms with Crippen LogP contribution in [0.15, 0.2) is 18.5 Å². The van der Waals surface area contributed by atoms with Gasteiger partial charge >= 0.3 is 0 Å². The summed E-state index contributed by atoms with van der Waals surface area (Å²) in [6.45, 7) is 0.333. The molecule has 1 aromatic heterocycles. The van der Waals surface area contributed by atoms with Gasteiger partial charge in [-0.1, -0.05) is 0 Å². The summed E-state index contributed by atoms with van der Waals surface area (Å²) in [5.74, 6) is -0.940. The average Bonchev–Trinajstić information content (AvgIpc) is 2.62. The van der Waals surface area contributed by atoms with E-state index in [2.05, 4.69) is 10.2 Å². The lowest BCUT2D eigenvalue weighted by Gasteiger charge is -2.14. The first kappa shape index (κ1) is 9.57. The van der Waals surface area contributed by atoms with Crippen LogP contribution < -0.4 is 10.6 Å². The summed E-state index contributed by atoms with van der Waals surface area (Å²) in [5, 5.41) is 7.29. The SMILES string of the molecule is NC(=O)C1CC(=O)N(c2ccnnc2)C1. The molecule has 78 valence electrons. The molecule has 6 heteroatoms. The number of carbonyl (C=O) groups is 2. The molecule has 1 aliphatic heterocycles. The second-order valence-electron chi connectivity index (χ2n) is 3.41. The van der Waals surface area contributed by atoms with Gasteiger partial charge < -0.3 is 10.6 Å². The molecular formula is C9H10N4O2. The minimum atomic E-state index is -0.437. The maximum atomic E-state index is 11.6. The lowest BCUT2D eigenvalue weighted by atomic mass is 10.1. The molecule has 15 heavy (non-hydrogen) atoms. The van der Waals surface area contributed by atoms with E-state index in [1.165, 1.54) is 17.3 Å². The van der Waals surface area contributed by atoms with Crippen molar-refractivity contribution in [1.29, 1.82) is 0 Å². The van der Waals surface area contributed by atoms with Crippen molar-refractivity contribution >= 4 is 17.5 Å². The Hall–Kier alpha value is -1.98. The predicted octanol–water partition coefficient (Wildman–Crippen LogP) is -0.685. The molecule has 1 aromatic rings. The van der Waals surface area contributed by atoms with Crippen LogP contribution in [-0.4, -0.2) is 28.6 Å². The van der Waals surface area contributed by atoms with E-state index in [1.807, 2.05) is 0 Å². The molecule has 2 amide bonds. The number of hydrogen-bond donors (Lipinski definition) is 1. The van der Waals surface area contributed by atoms with E-state index in [9.17, 15) is 9.59 Å². The summed E-state index contributed by atoms with van der Waals surface area (Å²) in [5.41, 5.74) is 5.81. The van der Waals surface area contributed by atoms with E-state index >= 15 is 0 Å². The molecule has 1 fully saturated rings. The van der Waals surface area contributed by atoms with Crippen molar-refractivity contribution in [3.05, 3.63) is 18.5 Å². The van der Waals surface area contributed by atoms with E-state index in [1.54, 1.807) is 6.07 Å². The van der Waals surface area contributed by atoms with Crippen LogP contribution >= 0.6 is 0 Å². The largest absolute Gasteiger partial charge is 0.369 e. The molecule has 0 bridgehead atoms. The van der Waals surface area contributed by atoms with Gasteiger partial charge in [0.2, 0.25) is 11.8 Å². The quantitative estimate of drug-likeness (QED) is 0.693. The molecule has 6 nitrogen and oxygen atoms in total. The number of hydrogen-bond acceptors (Lipinski definition) is 4. The second-order valence-corrected chi connectivity index (χ2v) is 3.41. The van der Waals surface area contributed by atoms with Crippen LogP contribution in [0.4, 0.5) is 5.69 Å². The van der Waals surface area contributed by atoms with Gasteiger partial charge in [-0.2, -0.15) is 10.2 Å². The molecule has 1 unspecified atom stereocenters. The summed E-state index contributed by atoms with van der Waals surface area (Å²) in [6.07, 6.45) is 3.17. The Morgan fingerprint density at radius 2 is 2.33 bits per heavy atom. The van der Waals surface area contributed by atoms with E-state index in [-0.39, 0.29) is 12.3 Å². The van der Waals surface area contributed by atoms with Gasteiger partial charge in [0.25, 0.3) is 0 Å². The van der Waals surface area contributed by atoms with Crippen LogP contribution in [-0.2, 0) is 9.59 Å². The van der Waals surface area contributed by atoms with E-state index < -0.39 is 11.8 Å². The molecule has 2 rings (SSSR count). The molecule has 0 radical (unpaired) electrons. The first-order chi connectivity index (χ1) is 7.18. The van der Waals surface area contributed by atoms with Crippen LogP contribution in [0.1, 0.15) is 6.42 Å². The average molecular weight is 206 g/mol. The molecule has 0 spiro atoms. The number of rotatable bonds is 2. The van der Waals surface area contributed by atoms with E-state index in [4.69, 9.17) is 5.73 Å². The van der Waals surface area contributed by atoms with Gasteiger partial charge in [-0.05, 0) is 6.07 Å². The number of aromatic nitrogens is 2. The fraction of sp³-hybridized carbons (Fsp3) is 0.333. The van der Waals surface area contributed by atoms with Crippen LogP contribution in [0.5, 0.6) is 0 Å². The Balaban J connectivity index is 2.19. The molecule has 0 saturated carbocycles. The standard InChI is InChI=1S/C9H10N4O2/c10-9(15)6-3-8(14)13(5-6)7-1-2-11-12-4-7/h1-2,4,6H,3,5H2,(H2,10,15). The van der Waals surface area contributed by atoms with Crippen LogP contribution in [0.25, 0.3) is 0 Å². The lowest BCUT2D eigenvalue weighted by Crippen LogP contribution is -2.28. The highest BCUT2D eigenvalue weighted by molar-refractivity contribution is 5.99. The minimum Gasteiger partial charge on any atom is -0.369 e. The summed E-state index contributed by atoms with van der Waals surface area (Å²) in [6, 6.07) is 1.67. The van der Waals surface area contributed by atoms with Gasteiger partial charge in [0.1, 0.15) is 0 Å². The Kier molecular flexibility index (Phi) is 2.32. The lowest BCUT2D eigenvalue weighted by molar-refractivity contribution is -0.123. The Morgan fingerprint density at radius 3 is 2.87 bits per heavy atom. The van der Waals surface area contributed by atoms with Crippen molar-refractivity contribution in [3.8, 4) is 0 Å². The molecule has 1 saturated heterocycles. The van der Waals surface area contributed by atoms with Crippen molar-refractivity contribution in [2.75, 3.05) is 11.4 Å². The molecule has 1 atom stereocenters. The van der Waals surface area contributed by atoms with E-state index in [0.717, 1.165) is 0 Å². The number of nitrogens with two attached hydrogens (primary N) is 1. The number of carbonyl (C=O) groups excluding carboxylic acids is 2. The number of nitrogens with zero attached hydrogens (tertiary/aromatic N) is 3. The van der Waals surface area contributed by atoms with Gasteiger partial charge in [0.15, 0.2) is 0 Å². The van der Waals surface area contributed by atoms with E-state index in [0.29, 0.717) is 12.2 Å². The highest BCUT2D eigenvalue weighted by atomic mass is 16.2. The Morgan fingerprint density at radius 1 is 1.53 bits per heavy atom. The summed E-state index contributed by atoms with van der Waals surface area (Å²) in [7, 11) is 0. The number of anilines is 1. The Bertz CT molecular complexity index is 392. The fourth-order valence-electron chi connectivity index (χ4n) is 1.59. The van der Waals surface area contributed by atoms with Gasteiger partial charge in [0, 0.05) is 13.0 Å². The van der Waals surface area contributed by atoms with Gasteiger partial charge in [-0.25, -0.2) is 0 Å². The third-order valence-corrected chi connectivity index (χ3v) is 2.41. The van der Waals surface area contributed by atoms with Crippen LogP contribution in [0.2, 0.25) is 0 Å². The second kappa shape index (κ2) is 3.64.